The number of carbonyl (C=O) groups excluding carboxylic acids is 2. The molecule has 0 aromatic heterocycles. The minimum Gasteiger partial charge on any atom is -0.549 e. The fraction of sp³-hybridized carbons (Fsp3) is 0.429. The molecule has 0 fully saturated rings. The summed E-state index contributed by atoms with van der Waals surface area (Å²) in [7, 11) is 0. The van der Waals surface area contributed by atoms with Crippen LogP contribution < -0.4 is 5.11 Å². The summed E-state index contributed by atoms with van der Waals surface area (Å²) in [5.41, 5.74) is -0.255. The predicted octanol–water partition coefficient (Wildman–Crippen LogP) is 1.92. The molecule has 0 aliphatic carbocycles. The molecule has 0 atom stereocenters. The number of halogens is 1. The van der Waals surface area contributed by atoms with Crippen molar-refractivity contribution in [3.8, 4) is 0 Å². The van der Waals surface area contributed by atoms with Crippen molar-refractivity contribution in [3.05, 3.63) is 35.4 Å². The molecule has 0 saturated heterocycles. The number of benzene rings is 1. The van der Waals surface area contributed by atoms with Crippen molar-refractivity contribution in [1.82, 2.24) is 0 Å². The van der Waals surface area contributed by atoms with E-state index < -0.39 is 11.4 Å². The quantitative estimate of drug-likeness (QED) is 0.584. The molecule has 0 unspecified atom stereocenters. The van der Waals surface area contributed by atoms with Gasteiger partial charge in [0.2, 0.25) is 0 Å². The monoisotopic (exact) mass is 267 g/mol. The van der Waals surface area contributed by atoms with E-state index in [4.69, 9.17) is 11.6 Å². The normalized spacial score (nSPS) is 11.3. The van der Waals surface area contributed by atoms with Gasteiger partial charge in [-0.15, -0.1) is 11.6 Å². The first-order valence-electron chi connectivity index (χ1n) is 5.81. The lowest BCUT2D eigenvalue weighted by molar-refractivity contribution is -0.312. The van der Waals surface area contributed by atoms with Crippen LogP contribution in [0.5, 0.6) is 0 Å². The lowest BCUT2D eigenvalue weighted by Crippen LogP contribution is -2.42. The van der Waals surface area contributed by atoms with E-state index in [2.05, 4.69) is 0 Å². The molecule has 0 bridgehead atoms. The van der Waals surface area contributed by atoms with Crippen LogP contribution in [-0.2, 0) is 10.2 Å². The third kappa shape index (κ3) is 3.10. The Kier molecular flexibility index (Phi) is 4.91. The van der Waals surface area contributed by atoms with Crippen molar-refractivity contribution in [2.24, 2.45) is 0 Å². The van der Waals surface area contributed by atoms with Crippen LogP contribution in [0.3, 0.4) is 0 Å². The van der Waals surface area contributed by atoms with Gasteiger partial charge in [-0.05, 0) is 12.0 Å². The van der Waals surface area contributed by atoms with Crippen molar-refractivity contribution >= 4 is 23.4 Å². The van der Waals surface area contributed by atoms with Crippen LogP contribution >= 0.6 is 11.6 Å². The average Bonchev–Trinajstić information content (AvgIpc) is 2.35. The minimum absolute atomic E-state index is 0.0828. The third-order valence-corrected chi connectivity index (χ3v) is 3.22. The highest BCUT2D eigenvalue weighted by molar-refractivity contribution is 6.18. The van der Waals surface area contributed by atoms with Crippen LogP contribution in [0.25, 0.3) is 0 Å². The Morgan fingerprint density at radius 2 is 1.89 bits per heavy atom. The van der Waals surface area contributed by atoms with Crippen LogP contribution in [0, 0.1) is 0 Å². The van der Waals surface area contributed by atoms with E-state index in [1.54, 1.807) is 24.3 Å². The van der Waals surface area contributed by atoms with E-state index in [1.165, 1.54) is 13.8 Å². The van der Waals surface area contributed by atoms with Gasteiger partial charge >= 0.3 is 0 Å². The van der Waals surface area contributed by atoms with Gasteiger partial charge in [-0.25, -0.2) is 0 Å². The Hall–Kier alpha value is -1.35. The molecule has 0 saturated carbocycles. The number of hydrogen-bond donors (Lipinski definition) is 0. The Morgan fingerprint density at radius 3 is 2.44 bits per heavy atom. The van der Waals surface area contributed by atoms with E-state index in [-0.39, 0.29) is 5.78 Å². The van der Waals surface area contributed by atoms with Gasteiger partial charge < -0.3 is 9.90 Å². The number of aliphatic carboxylic acids is 1. The molecular weight excluding hydrogens is 252 g/mol. The van der Waals surface area contributed by atoms with Crippen molar-refractivity contribution in [2.45, 2.75) is 32.1 Å². The van der Waals surface area contributed by atoms with Gasteiger partial charge in [0.15, 0.2) is 5.78 Å². The third-order valence-electron chi connectivity index (χ3n) is 2.95. The number of rotatable bonds is 6. The maximum Gasteiger partial charge on any atom is 0.163 e. The zero-order valence-corrected chi connectivity index (χ0v) is 11.3. The zero-order chi connectivity index (χ0) is 13.8. The highest BCUT2D eigenvalue weighted by Crippen LogP contribution is 2.27. The Labute approximate surface area is 112 Å². The molecule has 0 aliphatic rings. The van der Waals surface area contributed by atoms with Crippen LogP contribution in [0.1, 0.15) is 42.6 Å². The van der Waals surface area contributed by atoms with Crippen molar-refractivity contribution < 1.29 is 14.7 Å². The summed E-state index contributed by atoms with van der Waals surface area (Å²) in [6, 6.07) is 6.75. The second kappa shape index (κ2) is 6.01. The Morgan fingerprint density at radius 1 is 1.28 bits per heavy atom. The number of hydrogen-bond acceptors (Lipinski definition) is 3. The number of carboxylic acids is 1. The van der Waals surface area contributed by atoms with Gasteiger partial charge in [-0.2, -0.15) is 0 Å². The molecule has 0 amide bonds. The van der Waals surface area contributed by atoms with Crippen molar-refractivity contribution in [3.63, 3.8) is 0 Å². The topological polar surface area (TPSA) is 57.2 Å². The number of carbonyl (C=O) groups is 2. The van der Waals surface area contributed by atoms with Crippen LogP contribution in [0.2, 0.25) is 0 Å². The van der Waals surface area contributed by atoms with E-state index in [9.17, 15) is 14.7 Å². The number of alkyl halides is 1. The first kappa shape index (κ1) is 14.7. The van der Waals surface area contributed by atoms with Gasteiger partial charge in [-0.3, -0.25) is 4.79 Å². The first-order valence-corrected chi connectivity index (χ1v) is 6.35. The van der Waals surface area contributed by atoms with Crippen LogP contribution in [0.15, 0.2) is 24.3 Å². The second-order valence-corrected chi connectivity index (χ2v) is 5.05. The summed E-state index contributed by atoms with van der Waals surface area (Å²) in [6.45, 7) is 3.08. The largest absolute Gasteiger partial charge is 0.549 e. The van der Waals surface area contributed by atoms with Gasteiger partial charge in [0, 0.05) is 23.3 Å². The fourth-order valence-corrected chi connectivity index (χ4v) is 1.88. The molecule has 3 nitrogen and oxygen atoms in total. The average molecular weight is 268 g/mol. The van der Waals surface area contributed by atoms with Crippen LogP contribution in [0.4, 0.5) is 0 Å². The molecule has 18 heavy (non-hydrogen) atoms. The summed E-state index contributed by atoms with van der Waals surface area (Å²) in [4.78, 5) is 23.2. The lowest BCUT2D eigenvalue weighted by atomic mass is 9.80. The molecule has 0 radical (unpaired) electrons. The van der Waals surface area contributed by atoms with E-state index in [0.29, 0.717) is 29.8 Å². The summed E-state index contributed by atoms with van der Waals surface area (Å²) >= 11 is 5.56. The fourth-order valence-electron chi connectivity index (χ4n) is 1.74. The molecule has 1 rings (SSSR count). The van der Waals surface area contributed by atoms with Crippen molar-refractivity contribution in [2.75, 3.05) is 5.88 Å². The number of Topliss-reactive ketones (excluding diaryl/α,β-unsaturated/α-hetero) is 1. The molecule has 0 aliphatic heterocycles. The highest BCUT2D eigenvalue weighted by Gasteiger charge is 2.26. The van der Waals surface area contributed by atoms with E-state index in [0.717, 1.165) is 0 Å². The Bertz CT molecular complexity index is 452. The molecule has 98 valence electrons. The van der Waals surface area contributed by atoms with Gasteiger partial charge in [0.05, 0.1) is 5.97 Å². The molecule has 1 aromatic carbocycles. The predicted molar refractivity (Wildman–Crippen MR) is 68.8 cm³/mol. The molecule has 0 heterocycles. The SMILES string of the molecule is CC(C)(C(=O)[O-])c1ccccc1C(=O)CCCCl. The molecule has 0 spiro atoms. The van der Waals surface area contributed by atoms with Gasteiger partial charge in [0.25, 0.3) is 0 Å². The highest BCUT2D eigenvalue weighted by atomic mass is 35.5. The van der Waals surface area contributed by atoms with E-state index >= 15 is 0 Å². The molecule has 4 heteroatoms. The number of carboxylic acid groups (broad SMARTS) is 1. The number of ketones is 1. The van der Waals surface area contributed by atoms with Gasteiger partial charge in [-0.1, -0.05) is 38.1 Å². The maximum absolute atomic E-state index is 12.0. The summed E-state index contributed by atoms with van der Waals surface area (Å²) in [5, 5.41) is 11.2. The van der Waals surface area contributed by atoms with Gasteiger partial charge in [0.1, 0.15) is 0 Å². The lowest BCUT2D eigenvalue weighted by Gasteiger charge is -2.28. The minimum atomic E-state index is -1.19. The smallest absolute Gasteiger partial charge is 0.163 e. The standard InChI is InChI=1S/C14H17ClO3/c1-14(2,13(17)18)11-7-4-3-6-10(11)12(16)8-5-9-15/h3-4,6-7H,5,8-9H2,1-2H3,(H,17,18)/p-1. The van der Waals surface area contributed by atoms with Crippen molar-refractivity contribution in [1.29, 1.82) is 0 Å². The molecule has 1 aromatic rings. The summed E-state index contributed by atoms with van der Waals surface area (Å²) < 4.78 is 0. The zero-order valence-electron chi connectivity index (χ0n) is 10.5. The summed E-state index contributed by atoms with van der Waals surface area (Å²) in [5.74, 6) is -0.863. The first-order chi connectivity index (χ1) is 8.41. The molecule has 0 N–H and O–H groups in total. The maximum atomic E-state index is 12.0. The molecular formula is C14H16ClO3-. The Balaban J connectivity index is 3.14. The second-order valence-electron chi connectivity index (χ2n) is 4.67. The van der Waals surface area contributed by atoms with E-state index in [1.807, 2.05) is 0 Å². The van der Waals surface area contributed by atoms with Crippen LogP contribution in [-0.4, -0.2) is 17.6 Å². The summed E-state index contributed by atoms with van der Waals surface area (Å²) in [6.07, 6.45) is 0.907.